The van der Waals surface area contributed by atoms with Crippen LogP contribution in [0.3, 0.4) is 0 Å². The molecule has 1 saturated carbocycles. The van der Waals surface area contributed by atoms with E-state index in [0.29, 0.717) is 0 Å². The Bertz CT molecular complexity index is 1880. The van der Waals surface area contributed by atoms with Crippen LogP contribution in [0.1, 0.15) is 47.6 Å². The minimum atomic E-state index is -1.91. The second kappa shape index (κ2) is 11.6. The van der Waals surface area contributed by atoms with E-state index >= 15 is 0 Å². The molecular formula is C34H28F4N6O3. The molecule has 0 N–H and O–H groups in total. The van der Waals surface area contributed by atoms with Crippen LogP contribution >= 0.6 is 0 Å². The average molecular weight is 645 g/mol. The predicted octanol–water partition coefficient (Wildman–Crippen LogP) is 5.98. The third-order valence-corrected chi connectivity index (χ3v) is 9.06. The Hall–Kier alpha value is -5.20. The fraction of sp³-hybridized carbons (Fsp3) is 0.294. The number of hydrogen-bond donors (Lipinski definition) is 0. The van der Waals surface area contributed by atoms with Gasteiger partial charge in [-0.1, -0.05) is 64.9 Å². The number of halogens is 4. The molecule has 0 aromatic heterocycles. The first-order valence-corrected chi connectivity index (χ1v) is 15.2. The van der Waals surface area contributed by atoms with E-state index in [1.54, 1.807) is 0 Å². The fourth-order valence-corrected chi connectivity index (χ4v) is 6.71. The summed E-state index contributed by atoms with van der Waals surface area (Å²) in [6, 6.07) is 12.3. The first-order valence-electron chi connectivity index (χ1n) is 15.2. The van der Waals surface area contributed by atoms with E-state index in [2.05, 4.69) is 16.4 Å². The molecule has 0 spiro atoms. The van der Waals surface area contributed by atoms with Gasteiger partial charge in [0.2, 0.25) is 0 Å². The maximum absolute atomic E-state index is 14.6. The third-order valence-electron chi connectivity index (χ3n) is 9.06. The van der Waals surface area contributed by atoms with Crippen molar-refractivity contribution >= 4 is 35.2 Å². The van der Waals surface area contributed by atoms with Crippen LogP contribution in [0.2, 0.25) is 0 Å². The quantitative estimate of drug-likeness (QED) is 0.194. The first kappa shape index (κ1) is 30.5. The normalized spacial score (nSPS) is 24.3. The minimum absolute atomic E-state index is 0.0221. The van der Waals surface area contributed by atoms with Crippen molar-refractivity contribution in [1.29, 1.82) is 0 Å². The number of hydrogen-bond acceptors (Lipinski definition) is 7. The number of hydrazone groups is 1. The molecule has 7 rings (SSSR count). The number of amides is 3. The van der Waals surface area contributed by atoms with E-state index in [1.807, 2.05) is 62.4 Å². The van der Waals surface area contributed by atoms with Gasteiger partial charge < -0.3 is 0 Å². The molecule has 240 valence electrons. The summed E-state index contributed by atoms with van der Waals surface area (Å²) in [6.45, 7) is 3.42. The molecule has 3 amide bonds. The second-order valence-corrected chi connectivity index (χ2v) is 12.2. The second-order valence-electron chi connectivity index (χ2n) is 12.2. The molecule has 13 heteroatoms. The Morgan fingerprint density at radius 2 is 1.53 bits per heavy atom. The van der Waals surface area contributed by atoms with Crippen LogP contribution in [0, 0.1) is 43.0 Å². The number of rotatable bonds is 5. The fourth-order valence-electron chi connectivity index (χ4n) is 6.71. The van der Waals surface area contributed by atoms with Gasteiger partial charge in [0.15, 0.2) is 35.4 Å². The Morgan fingerprint density at radius 1 is 0.894 bits per heavy atom. The monoisotopic (exact) mass is 644 g/mol. The van der Waals surface area contributed by atoms with E-state index in [-0.39, 0.29) is 16.9 Å². The highest BCUT2D eigenvalue weighted by atomic mass is 19.2. The van der Waals surface area contributed by atoms with Crippen LogP contribution in [0.15, 0.2) is 75.6 Å². The van der Waals surface area contributed by atoms with Crippen molar-refractivity contribution in [1.82, 2.24) is 10.0 Å². The molecule has 0 unspecified atom stereocenters. The summed E-state index contributed by atoms with van der Waals surface area (Å²) in [5.74, 6) is -10.5. The zero-order valence-electron chi connectivity index (χ0n) is 25.3. The molecule has 4 atom stereocenters. The summed E-state index contributed by atoms with van der Waals surface area (Å²) in [5, 5.41) is 14.8. The molecular weight excluding hydrogens is 616 g/mol. The Kier molecular flexibility index (Phi) is 7.48. The van der Waals surface area contributed by atoms with Gasteiger partial charge >= 0.3 is 0 Å². The molecule has 2 fully saturated rings. The van der Waals surface area contributed by atoms with Gasteiger partial charge in [-0.25, -0.2) is 27.5 Å². The van der Waals surface area contributed by atoms with Gasteiger partial charge in [-0.15, -0.1) is 0 Å². The van der Waals surface area contributed by atoms with Crippen molar-refractivity contribution in [2.24, 2.45) is 21.4 Å². The molecule has 3 aromatic carbocycles. The number of carbonyl (C=O) groups is 3. The van der Waals surface area contributed by atoms with Crippen LogP contribution in [0.25, 0.3) is 6.08 Å². The maximum Gasteiger partial charge on any atom is 0.264 e. The molecule has 0 radical (unpaired) electrons. The molecule has 3 heterocycles. The number of aryl methyl sites for hydroxylation is 2. The zero-order valence-corrected chi connectivity index (χ0v) is 25.3. The number of nitrogens with zero attached hydrogens (tertiary/aromatic N) is 6. The smallest absolute Gasteiger partial charge is 0.264 e. The lowest BCUT2D eigenvalue weighted by Gasteiger charge is -2.30. The van der Waals surface area contributed by atoms with Crippen LogP contribution in [-0.4, -0.2) is 52.1 Å². The van der Waals surface area contributed by atoms with Crippen LogP contribution in [0.4, 0.5) is 23.2 Å². The topological polar surface area (TPSA) is 98.0 Å². The van der Waals surface area contributed by atoms with Gasteiger partial charge in [-0.3, -0.25) is 19.4 Å². The number of fused-ring (bicyclic) bond motifs is 2. The Labute approximate surface area is 266 Å². The number of anilines is 1. The van der Waals surface area contributed by atoms with Crippen molar-refractivity contribution in [2.75, 3.05) is 11.4 Å². The van der Waals surface area contributed by atoms with E-state index in [4.69, 9.17) is 5.10 Å². The lowest BCUT2D eigenvalue weighted by atomic mass is 9.77. The van der Waals surface area contributed by atoms with Gasteiger partial charge in [0.05, 0.1) is 11.8 Å². The Balaban J connectivity index is 1.20. The standard InChI is InChI=1S/C34H28F4N6O3/c1-17-6-10-19(11-7-17)14-21-4-3-5-22-28(21)40-44(30(22)20-12-8-18(2)9-13-20)25(45)16-42-32-29(39-41-42)33(46)43(34(32)47)31-26(37)23(35)15-24(36)27(31)38/h6-15,22,29-30,32H,3-5,16H2,1-2H3/b21-14-/t22-,29+,30-,32-/m1/s1. The number of imide groups is 1. The van der Waals surface area contributed by atoms with Gasteiger partial charge in [-0.05, 0) is 55.9 Å². The summed E-state index contributed by atoms with van der Waals surface area (Å²) >= 11 is 0. The van der Waals surface area contributed by atoms with Crippen molar-refractivity contribution < 1.29 is 31.9 Å². The third kappa shape index (κ3) is 5.09. The van der Waals surface area contributed by atoms with Gasteiger partial charge in [-0.2, -0.15) is 10.2 Å². The maximum atomic E-state index is 14.6. The molecule has 47 heavy (non-hydrogen) atoms. The lowest BCUT2D eigenvalue weighted by Crippen LogP contribution is -2.45. The molecule has 0 bridgehead atoms. The first-order chi connectivity index (χ1) is 22.5. The largest absolute Gasteiger partial charge is 0.271 e. The highest BCUT2D eigenvalue weighted by Gasteiger charge is 2.57. The molecule has 9 nitrogen and oxygen atoms in total. The SMILES string of the molecule is Cc1ccc(/C=C2/CCC[C@@H]3C2=NN(C(=O)CN2N=N[C@@H]4C(=O)N(c5c(F)c(F)cc(F)c5F)C(=O)[C@@H]42)[C@@H]3c2ccc(C)cc2)cc1. The molecule has 3 aliphatic heterocycles. The van der Waals surface area contributed by atoms with Crippen LogP contribution in [-0.2, 0) is 14.4 Å². The highest BCUT2D eigenvalue weighted by Crippen LogP contribution is 2.45. The highest BCUT2D eigenvalue weighted by molar-refractivity contribution is 6.25. The summed E-state index contributed by atoms with van der Waals surface area (Å²) < 4.78 is 57.2. The summed E-state index contributed by atoms with van der Waals surface area (Å²) in [5.41, 5.74) is 4.37. The van der Waals surface area contributed by atoms with E-state index < -0.39 is 71.3 Å². The lowest BCUT2D eigenvalue weighted by molar-refractivity contribution is -0.136. The van der Waals surface area contributed by atoms with Crippen molar-refractivity contribution in [3.63, 3.8) is 0 Å². The summed E-state index contributed by atoms with van der Waals surface area (Å²) in [4.78, 5) is 40.6. The molecule has 1 aliphatic carbocycles. The van der Waals surface area contributed by atoms with Crippen LogP contribution in [0.5, 0.6) is 0 Å². The van der Waals surface area contributed by atoms with Crippen molar-refractivity contribution in [3.8, 4) is 0 Å². The van der Waals surface area contributed by atoms with Crippen LogP contribution < -0.4 is 4.90 Å². The number of benzene rings is 3. The number of carbonyl (C=O) groups excluding carboxylic acids is 3. The molecule has 1 saturated heterocycles. The van der Waals surface area contributed by atoms with Crippen molar-refractivity contribution in [2.45, 2.75) is 51.2 Å². The van der Waals surface area contributed by atoms with E-state index in [0.717, 1.165) is 57.8 Å². The average Bonchev–Trinajstić information content (AvgIpc) is 3.72. The van der Waals surface area contributed by atoms with Crippen molar-refractivity contribution in [3.05, 3.63) is 106 Å². The predicted molar refractivity (Wildman–Crippen MR) is 163 cm³/mol. The summed E-state index contributed by atoms with van der Waals surface area (Å²) in [7, 11) is 0. The molecule has 3 aromatic rings. The Morgan fingerprint density at radius 3 is 2.19 bits per heavy atom. The van der Waals surface area contributed by atoms with E-state index in [1.165, 1.54) is 5.01 Å². The number of allylic oxidation sites excluding steroid dienone is 1. The molecule has 4 aliphatic rings. The zero-order chi connectivity index (χ0) is 33.1. The van der Waals surface area contributed by atoms with Gasteiger partial charge in [0.1, 0.15) is 12.2 Å². The van der Waals surface area contributed by atoms with E-state index in [9.17, 15) is 31.9 Å². The minimum Gasteiger partial charge on any atom is -0.271 e. The van der Waals surface area contributed by atoms with Gasteiger partial charge in [0, 0.05) is 12.0 Å². The summed E-state index contributed by atoms with van der Waals surface area (Å²) in [6.07, 6.45) is 4.52. The van der Waals surface area contributed by atoms with Gasteiger partial charge in [0.25, 0.3) is 17.7 Å².